The number of carbonyl (C=O) groups excluding carboxylic acids is 1. The van der Waals surface area contributed by atoms with E-state index in [2.05, 4.69) is 40.4 Å². The zero-order valence-corrected chi connectivity index (χ0v) is 17.9. The van der Waals surface area contributed by atoms with E-state index < -0.39 is 0 Å². The van der Waals surface area contributed by atoms with Crippen molar-refractivity contribution in [2.24, 2.45) is 0 Å². The van der Waals surface area contributed by atoms with Crippen LogP contribution in [0.15, 0.2) is 85.1 Å². The Kier molecular flexibility index (Phi) is 6.22. The van der Waals surface area contributed by atoms with E-state index in [9.17, 15) is 4.79 Å². The molecule has 5 heteroatoms. The van der Waals surface area contributed by atoms with Gasteiger partial charge in [0, 0.05) is 18.3 Å². The topological polar surface area (TPSA) is 51.0 Å². The fraction of sp³-hybridized carbons (Fsp3) is 0.192. The summed E-state index contributed by atoms with van der Waals surface area (Å²) in [4.78, 5) is 19.3. The number of amides is 1. The van der Waals surface area contributed by atoms with Crippen LogP contribution in [0.2, 0.25) is 0 Å². The van der Waals surface area contributed by atoms with Crippen molar-refractivity contribution in [3.63, 3.8) is 0 Å². The lowest BCUT2D eigenvalue weighted by Crippen LogP contribution is -2.31. The van der Waals surface area contributed by atoms with E-state index in [0.29, 0.717) is 25.2 Å². The molecule has 0 unspecified atom stereocenters. The highest BCUT2D eigenvalue weighted by atomic mass is 16.2. The lowest BCUT2D eigenvalue weighted by atomic mass is 10.1. The normalized spacial score (nSPS) is 10.8. The first-order chi connectivity index (χ1) is 15.1. The number of pyridine rings is 1. The second-order valence-corrected chi connectivity index (χ2v) is 7.66. The van der Waals surface area contributed by atoms with Crippen LogP contribution in [0.3, 0.4) is 0 Å². The molecular weight excluding hydrogens is 384 g/mol. The third-order valence-corrected chi connectivity index (χ3v) is 5.23. The molecule has 1 amide bonds. The van der Waals surface area contributed by atoms with Crippen LogP contribution in [-0.4, -0.2) is 20.7 Å². The summed E-state index contributed by atoms with van der Waals surface area (Å²) in [6, 6.07) is 26.0. The first-order valence-corrected chi connectivity index (χ1v) is 10.5. The predicted octanol–water partition coefficient (Wildman–Crippen LogP) is 5.05. The van der Waals surface area contributed by atoms with Gasteiger partial charge in [0.15, 0.2) is 0 Å². The molecule has 4 aromatic rings. The maximum absolute atomic E-state index is 13.1. The molecule has 0 aliphatic heterocycles. The molecule has 0 bridgehead atoms. The number of hydrogen-bond donors (Lipinski definition) is 0. The Balaban J connectivity index is 1.45. The highest BCUT2D eigenvalue weighted by molar-refractivity contribution is 5.92. The molecule has 0 radical (unpaired) electrons. The second-order valence-electron chi connectivity index (χ2n) is 7.66. The monoisotopic (exact) mass is 410 g/mol. The summed E-state index contributed by atoms with van der Waals surface area (Å²) in [5.41, 5.74) is 5.34. The molecule has 31 heavy (non-hydrogen) atoms. The van der Waals surface area contributed by atoms with Crippen molar-refractivity contribution >= 4 is 11.7 Å². The van der Waals surface area contributed by atoms with Crippen LogP contribution < -0.4 is 4.90 Å². The zero-order chi connectivity index (χ0) is 21.6. The van der Waals surface area contributed by atoms with Gasteiger partial charge in [-0.25, -0.2) is 9.67 Å². The lowest BCUT2D eigenvalue weighted by molar-refractivity contribution is -0.118. The molecule has 0 saturated carbocycles. The number of aromatic nitrogens is 3. The van der Waals surface area contributed by atoms with Gasteiger partial charge in [0.25, 0.3) is 0 Å². The van der Waals surface area contributed by atoms with Crippen molar-refractivity contribution in [2.75, 3.05) is 4.90 Å². The number of benzene rings is 2. The minimum atomic E-state index is 0.0603. The highest BCUT2D eigenvalue weighted by Gasteiger charge is 2.17. The summed E-state index contributed by atoms with van der Waals surface area (Å²) in [7, 11) is 0. The Morgan fingerprint density at radius 1 is 0.903 bits per heavy atom. The van der Waals surface area contributed by atoms with Gasteiger partial charge in [0.1, 0.15) is 5.82 Å². The SMILES string of the molecule is Cc1cc(C)n(-c2ccc(CCC(=O)N(Cc3ccccc3)c3ccccn3)cc2)n1. The van der Waals surface area contributed by atoms with Crippen LogP contribution in [0.1, 0.15) is 28.9 Å². The number of rotatable bonds is 7. The van der Waals surface area contributed by atoms with Gasteiger partial charge in [-0.1, -0.05) is 48.5 Å². The molecule has 0 atom stereocenters. The Morgan fingerprint density at radius 3 is 2.29 bits per heavy atom. The van der Waals surface area contributed by atoms with E-state index >= 15 is 0 Å². The van der Waals surface area contributed by atoms with Crippen LogP contribution in [0.5, 0.6) is 0 Å². The van der Waals surface area contributed by atoms with Crippen LogP contribution in [0.4, 0.5) is 5.82 Å². The van der Waals surface area contributed by atoms with Gasteiger partial charge in [0.05, 0.1) is 17.9 Å². The molecule has 0 spiro atoms. The quantitative estimate of drug-likeness (QED) is 0.428. The van der Waals surface area contributed by atoms with Crippen LogP contribution in [0, 0.1) is 13.8 Å². The summed E-state index contributed by atoms with van der Waals surface area (Å²) in [6.07, 6.45) is 2.81. The Labute approximate surface area is 183 Å². The molecule has 0 N–H and O–H groups in total. The van der Waals surface area contributed by atoms with Crippen molar-refractivity contribution in [3.8, 4) is 5.69 Å². The lowest BCUT2D eigenvalue weighted by Gasteiger charge is -2.22. The average molecular weight is 411 g/mol. The van der Waals surface area contributed by atoms with Crippen molar-refractivity contribution in [2.45, 2.75) is 33.2 Å². The first-order valence-electron chi connectivity index (χ1n) is 10.5. The summed E-state index contributed by atoms with van der Waals surface area (Å²) >= 11 is 0. The molecule has 2 heterocycles. The van der Waals surface area contributed by atoms with E-state index in [1.165, 1.54) is 0 Å². The van der Waals surface area contributed by atoms with Gasteiger partial charge in [-0.2, -0.15) is 5.10 Å². The van der Waals surface area contributed by atoms with Gasteiger partial charge in [-0.05, 0) is 61.7 Å². The molecule has 2 aromatic heterocycles. The van der Waals surface area contributed by atoms with Crippen molar-refractivity contribution in [1.29, 1.82) is 0 Å². The maximum atomic E-state index is 13.1. The molecule has 2 aromatic carbocycles. The van der Waals surface area contributed by atoms with Crippen molar-refractivity contribution in [1.82, 2.24) is 14.8 Å². The fourth-order valence-corrected chi connectivity index (χ4v) is 3.66. The third kappa shape index (κ3) is 5.07. The molecule has 5 nitrogen and oxygen atoms in total. The van der Waals surface area contributed by atoms with E-state index in [-0.39, 0.29) is 5.91 Å². The largest absolute Gasteiger partial charge is 0.292 e. The first kappa shape index (κ1) is 20.5. The van der Waals surface area contributed by atoms with Crippen LogP contribution in [0.25, 0.3) is 5.69 Å². The van der Waals surface area contributed by atoms with Gasteiger partial charge < -0.3 is 0 Å². The van der Waals surface area contributed by atoms with Gasteiger partial charge in [-0.3, -0.25) is 9.69 Å². The molecule has 156 valence electrons. The minimum Gasteiger partial charge on any atom is -0.292 e. The third-order valence-electron chi connectivity index (χ3n) is 5.23. The average Bonchev–Trinajstić information content (AvgIpc) is 3.15. The highest BCUT2D eigenvalue weighted by Crippen LogP contribution is 2.18. The second kappa shape index (κ2) is 9.39. The number of nitrogens with zero attached hydrogens (tertiary/aromatic N) is 4. The Morgan fingerprint density at radius 2 is 1.65 bits per heavy atom. The predicted molar refractivity (Wildman–Crippen MR) is 123 cm³/mol. The summed E-state index contributed by atoms with van der Waals surface area (Å²) in [5.74, 6) is 0.737. The number of carbonyl (C=O) groups is 1. The molecule has 0 aliphatic rings. The number of aryl methyl sites for hydroxylation is 3. The van der Waals surface area contributed by atoms with Gasteiger partial charge >= 0.3 is 0 Å². The van der Waals surface area contributed by atoms with E-state index in [1.54, 1.807) is 11.1 Å². The minimum absolute atomic E-state index is 0.0603. The van der Waals surface area contributed by atoms with Crippen LogP contribution in [-0.2, 0) is 17.8 Å². The van der Waals surface area contributed by atoms with Crippen molar-refractivity contribution in [3.05, 3.63) is 108 Å². The molecule has 0 saturated heterocycles. The molecule has 4 rings (SSSR count). The number of anilines is 1. The standard InChI is InChI=1S/C26H26N4O/c1-20-18-21(2)30(28-20)24-14-11-22(12-15-24)13-16-26(31)29(25-10-6-7-17-27-25)19-23-8-4-3-5-9-23/h3-12,14-15,17-18H,13,16,19H2,1-2H3. The fourth-order valence-electron chi connectivity index (χ4n) is 3.66. The molecule has 0 aliphatic carbocycles. The molecular formula is C26H26N4O. The van der Waals surface area contributed by atoms with Gasteiger partial charge in [-0.15, -0.1) is 0 Å². The number of hydrogen-bond acceptors (Lipinski definition) is 3. The maximum Gasteiger partial charge on any atom is 0.228 e. The van der Waals surface area contributed by atoms with Gasteiger partial charge in [0.2, 0.25) is 5.91 Å². The Hall–Kier alpha value is -3.73. The van der Waals surface area contributed by atoms with E-state index in [4.69, 9.17) is 0 Å². The Bertz CT molecular complexity index is 1140. The summed E-state index contributed by atoms with van der Waals surface area (Å²) < 4.78 is 1.94. The van der Waals surface area contributed by atoms with E-state index in [1.807, 2.05) is 67.1 Å². The smallest absolute Gasteiger partial charge is 0.228 e. The summed E-state index contributed by atoms with van der Waals surface area (Å²) in [6.45, 7) is 4.55. The molecule has 0 fully saturated rings. The van der Waals surface area contributed by atoms with Crippen molar-refractivity contribution < 1.29 is 4.79 Å². The summed E-state index contributed by atoms with van der Waals surface area (Å²) in [5, 5.41) is 4.53. The van der Waals surface area contributed by atoms with E-state index in [0.717, 1.165) is 28.2 Å². The van der Waals surface area contributed by atoms with Crippen LogP contribution >= 0.6 is 0 Å². The zero-order valence-electron chi connectivity index (χ0n) is 17.9.